The van der Waals surface area contributed by atoms with Gasteiger partial charge in [-0.25, -0.2) is 0 Å². The minimum absolute atomic E-state index is 0.284. The molecular weight excluding hydrogens is 316 g/mol. The van der Waals surface area contributed by atoms with Crippen molar-refractivity contribution in [3.8, 4) is 0 Å². The van der Waals surface area contributed by atoms with E-state index in [-0.39, 0.29) is 19.5 Å². The molecular formula is C19H44O2Si2. The molecule has 2 atom stereocenters. The topological polar surface area (TPSA) is 18.5 Å². The van der Waals surface area contributed by atoms with Crippen LogP contribution in [0.2, 0.25) is 12.1 Å². The van der Waals surface area contributed by atoms with Crippen molar-refractivity contribution in [2.75, 3.05) is 0 Å². The zero-order valence-electron chi connectivity index (χ0n) is 16.6. The SMILES string of the molecule is CCCCCC(CC)O[SiH2]CCC[SiH2]OC(CC)CCCCC. The van der Waals surface area contributed by atoms with E-state index in [0.717, 1.165) is 0 Å². The molecule has 0 aromatic carbocycles. The Hall–Kier alpha value is 0.354. The second kappa shape index (κ2) is 18.7. The molecule has 0 aliphatic carbocycles. The summed E-state index contributed by atoms with van der Waals surface area (Å²) in [4.78, 5) is 0. The highest BCUT2D eigenvalue weighted by Gasteiger charge is 2.07. The highest BCUT2D eigenvalue weighted by atomic mass is 28.2. The van der Waals surface area contributed by atoms with E-state index in [1.54, 1.807) is 0 Å². The first-order chi connectivity index (χ1) is 11.3. The maximum absolute atomic E-state index is 6.17. The van der Waals surface area contributed by atoms with Gasteiger partial charge in [0.05, 0.1) is 0 Å². The van der Waals surface area contributed by atoms with Gasteiger partial charge in [0, 0.05) is 12.2 Å². The summed E-state index contributed by atoms with van der Waals surface area (Å²) >= 11 is 0. The van der Waals surface area contributed by atoms with Crippen molar-refractivity contribution < 1.29 is 8.85 Å². The fourth-order valence-corrected chi connectivity index (χ4v) is 6.56. The average molecular weight is 361 g/mol. The van der Waals surface area contributed by atoms with Crippen LogP contribution < -0.4 is 0 Å². The molecule has 0 fully saturated rings. The molecule has 140 valence electrons. The van der Waals surface area contributed by atoms with Crippen molar-refractivity contribution in [2.24, 2.45) is 0 Å². The summed E-state index contributed by atoms with van der Waals surface area (Å²) in [5.41, 5.74) is 0. The zero-order valence-corrected chi connectivity index (χ0v) is 19.4. The Morgan fingerprint density at radius 1 is 0.609 bits per heavy atom. The smallest absolute Gasteiger partial charge is 0.161 e. The van der Waals surface area contributed by atoms with Gasteiger partial charge in [0.15, 0.2) is 19.5 Å². The Morgan fingerprint density at radius 3 is 1.39 bits per heavy atom. The minimum Gasteiger partial charge on any atom is -0.421 e. The lowest BCUT2D eigenvalue weighted by Crippen LogP contribution is -2.16. The first kappa shape index (κ1) is 23.4. The fraction of sp³-hybridized carbons (Fsp3) is 1.00. The van der Waals surface area contributed by atoms with Crippen molar-refractivity contribution in [2.45, 2.75) is 123 Å². The maximum atomic E-state index is 6.17. The number of rotatable bonds is 18. The van der Waals surface area contributed by atoms with Gasteiger partial charge in [0.2, 0.25) is 0 Å². The second-order valence-electron chi connectivity index (χ2n) is 6.85. The van der Waals surface area contributed by atoms with Crippen LogP contribution in [0.25, 0.3) is 0 Å². The maximum Gasteiger partial charge on any atom is 0.161 e. The molecule has 0 saturated carbocycles. The quantitative estimate of drug-likeness (QED) is 0.249. The van der Waals surface area contributed by atoms with Crippen LogP contribution >= 0.6 is 0 Å². The van der Waals surface area contributed by atoms with Crippen molar-refractivity contribution >= 4 is 19.5 Å². The van der Waals surface area contributed by atoms with E-state index in [0.29, 0.717) is 12.2 Å². The largest absolute Gasteiger partial charge is 0.421 e. The minimum atomic E-state index is -0.284. The Morgan fingerprint density at radius 2 is 1.04 bits per heavy atom. The molecule has 0 aromatic heterocycles. The van der Waals surface area contributed by atoms with Crippen molar-refractivity contribution in [3.05, 3.63) is 0 Å². The molecule has 0 amide bonds. The Kier molecular flexibility index (Phi) is 19.0. The summed E-state index contributed by atoms with van der Waals surface area (Å²) in [7, 11) is -0.568. The Labute approximate surface area is 151 Å². The lowest BCUT2D eigenvalue weighted by molar-refractivity contribution is 0.189. The zero-order chi connectivity index (χ0) is 17.2. The van der Waals surface area contributed by atoms with Crippen LogP contribution in [0.4, 0.5) is 0 Å². The number of hydrogen-bond donors (Lipinski definition) is 0. The molecule has 2 nitrogen and oxygen atoms in total. The van der Waals surface area contributed by atoms with Gasteiger partial charge in [-0.15, -0.1) is 0 Å². The van der Waals surface area contributed by atoms with E-state index in [2.05, 4.69) is 27.7 Å². The van der Waals surface area contributed by atoms with Gasteiger partial charge in [-0.05, 0) is 37.8 Å². The van der Waals surface area contributed by atoms with E-state index in [9.17, 15) is 0 Å². The first-order valence-corrected chi connectivity index (χ1v) is 13.7. The van der Waals surface area contributed by atoms with E-state index >= 15 is 0 Å². The van der Waals surface area contributed by atoms with Crippen LogP contribution in [0.5, 0.6) is 0 Å². The molecule has 2 unspecified atom stereocenters. The number of unbranched alkanes of at least 4 members (excludes halogenated alkanes) is 4. The Bertz CT molecular complexity index is 205. The van der Waals surface area contributed by atoms with Gasteiger partial charge in [-0.1, -0.05) is 72.6 Å². The van der Waals surface area contributed by atoms with Gasteiger partial charge >= 0.3 is 0 Å². The van der Waals surface area contributed by atoms with E-state index in [4.69, 9.17) is 8.85 Å². The van der Waals surface area contributed by atoms with Gasteiger partial charge < -0.3 is 8.85 Å². The molecule has 0 rings (SSSR count). The third kappa shape index (κ3) is 15.6. The van der Waals surface area contributed by atoms with E-state index in [1.807, 2.05) is 0 Å². The van der Waals surface area contributed by atoms with Crippen LogP contribution in [0.3, 0.4) is 0 Å². The molecule has 0 aliphatic rings. The molecule has 0 radical (unpaired) electrons. The lowest BCUT2D eigenvalue weighted by atomic mass is 10.1. The molecule has 0 aliphatic heterocycles. The highest BCUT2D eigenvalue weighted by molar-refractivity contribution is 6.29. The number of hydrogen-bond acceptors (Lipinski definition) is 2. The predicted molar refractivity (Wildman–Crippen MR) is 110 cm³/mol. The van der Waals surface area contributed by atoms with Gasteiger partial charge in [-0.3, -0.25) is 0 Å². The fourth-order valence-electron chi connectivity index (χ4n) is 2.94. The lowest BCUT2D eigenvalue weighted by Gasteiger charge is -2.17. The summed E-state index contributed by atoms with van der Waals surface area (Å²) < 4.78 is 12.3. The third-order valence-corrected chi connectivity index (χ3v) is 7.66. The normalized spacial score (nSPS) is 15.1. The molecule has 23 heavy (non-hydrogen) atoms. The summed E-state index contributed by atoms with van der Waals surface area (Å²) in [6.45, 7) is 9.09. The second-order valence-corrected chi connectivity index (χ2v) is 9.75. The van der Waals surface area contributed by atoms with Crippen molar-refractivity contribution in [1.29, 1.82) is 0 Å². The van der Waals surface area contributed by atoms with Gasteiger partial charge in [0.1, 0.15) is 0 Å². The molecule has 0 saturated heterocycles. The molecule has 0 aromatic rings. The molecule has 0 spiro atoms. The summed E-state index contributed by atoms with van der Waals surface area (Å²) in [5, 5.41) is 0. The predicted octanol–water partition coefficient (Wildman–Crippen LogP) is 5.13. The van der Waals surface area contributed by atoms with E-state index in [1.165, 1.54) is 82.7 Å². The van der Waals surface area contributed by atoms with Crippen LogP contribution in [0, 0.1) is 0 Å². The third-order valence-electron chi connectivity index (χ3n) is 4.67. The van der Waals surface area contributed by atoms with Crippen LogP contribution in [0.1, 0.15) is 98.3 Å². The first-order valence-electron chi connectivity index (χ1n) is 10.5. The summed E-state index contributed by atoms with van der Waals surface area (Å²) in [6, 6.07) is 2.71. The molecule has 0 N–H and O–H groups in total. The van der Waals surface area contributed by atoms with Crippen molar-refractivity contribution in [1.82, 2.24) is 0 Å². The summed E-state index contributed by atoms with van der Waals surface area (Å²) in [6.07, 6.45) is 15.5. The van der Waals surface area contributed by atoms with Gasteiger partial charge in [-0.2, -0.15) is 0 Å². The molecule has 0 heterocycles. The molecule has 4 heteroatoms. The summed E-state index contributed by atoms with van der Waals surface area (Å²) in [5.74, 6) is 0. The van der Waals surface area contributed by atoms with Crippen LogP contribution in [-0.2, 0) is 8.85 Å². The molecule has 0 bridgehead atoms. The van der Waals surface area contributed by atoms with E-state index < -0.39 is 0 Å². The van der Waals surface area contributed by atoms with Crippen LogP contribution in [-0.4, -0.2) is 31.7 Å². The Balaban J connectivity index is 3.45. The van der Waals surface area contributed by atoms with Crippen molar-refractivity contribution in [3.63, 3.8) is 0 Å². The highest BCUT2D eigenvalue weighted by Crippen LogP contribution is 2.12. The van der Waals surface area contributed by atoms with Crippen LogP contribution in [0.15, 0.2) is 0 Å². The monoisotopic (exact) mass is 360 g/mol. The average Bonchev–Trinajstić information content (AvgIpc) is 2.57. The van der Waals surface area contributed by atoms with Gasteiger partial charge in [0.25, 0.3) is 0 Å². The standard InChI is InChI=1S/C19H44O2Si2/c1-5-9-11-14-18(7-3)20-22-16-13-17-23-21-19(8-4)15-12-10-6-2/h18-19H,5-17,22-23H2,1-4H3.